The largest absolute Gasteiger partial charge is 0.479 e. The molecule has 0 amide bonds. The summed E-state index contributed by atoms with van der Waals surface area (Å²) in [6.45, 7) is 6.69. The number of nitrogens with zero attached hydrogens (tertiary/aromatic N) is 2. The number of ether oxygens (including phenoxy) is 1. The van der Waals surface area contributed by atoms with Crippen molar-refractivity contribution in [3.63, 3.8) is 0 Å². The van der Waals surface area contributed by atoms with E-state index in [0.29, 0.717) is 17.0 Å². The molecule has 1 aromatic rings. The van der Waals surface area contributed by atoms with Crippen LogP contribution in [0, 0.1) is 5.41 Å². The first-order chi connectivity index (χ1) is 8.02. The van der Waals surface area contributed by atoms with Gasteiger partial charge in [-0.3, -0.25) is 0 Å². The number of nitrogens with two attached hydrogens (primary N) is 1. The van der Waals surface area contributed by atoms with Crippen LogP contribution in [0.4, 0.5) is 11.5 Å². The molecule has 0 aliphatic carbocycles. The predicted molar refractivity (Wildman–Crippen MR) is 70.4 cm³/mol. The highest BCUT2D eigenvalue weighted by atomic mass is 16.5. The van der Waals surface area contributed by atoms with E-state index in [4.69, 9.17) is 10.5 Å². The Bertz CT molecular complexity index is 404. The van der Waals surface area contributed by atoms with Gasteiger partial charge in [-0.05, 0) is 30.4 Å². The van der Waals surface area contributed by atoms with E-state index in [2.05, 4.69) is 23.7 Å². The van der Waals surface area contributed by atoms with Crippen LogP contribution in [0.2, 0.25) is 0 Å². The number of pyridine rings is 1. The Morgan fingerprint density at radius 2 is 2.18 bits per heavy atom. The van der Waals surface area contributed by atoms with Gasteiger partial charge in [-0.1, -0.05) is 13.8 Å². The average molecular weight is 235 g/mol. The molecule has 4 heteroatoms. The third-order valence-electron chi connectivity index (χ3n) is 3.29. The molecule has 94 valence electrons. The smallest absolute Gasteiger partial charge is 0.238 e. The summed E-state index contributed by atoms with van der Waals surface area (Å²) < 4.78 is 5.17. The second kappa shape index (κ2) is 4.43. The summed E-state index contributed by atoms with van der Waals surface area (Å²) in [5, 5.41) is 0. The number of hydrogen-bond acceptors (Lipinski definition) is 4. The van der Waals surface area contributed by atoms with Crippen molar-refractivity contribution in [2.24, 2.45) is 5.41 Å². The van der Waals surface area contributed by atoms with Gasteiger partial charge in [-0.25, -0.2) is 0 Å². The van der Waals surface area contributed by atoms with Crippen LogP contribution in [-0.4, -0.2) is 25.2 Å². The molecule has 0 saturated carbocycles. The van der Waals surface area contributed by atoms with E-state index in [9.17, 15) is 0 Å². The van der Waals surface area contributed by atoms with Crippen molar-refractivity contribution in [3.8, 4) is 5.88 Å². The maximum Gasteiger partial charge on any atom is 0.238 e. The maximum absolute atomic E-state index is 5.78. The van der Waals surface area contributed by atoms with Crippen LogP contribution in [0.3, 0.4) is 0 Å². The third kappa shape index (κ3) is 2.62. The number of hydrogen-bond donors (Lipinski definition) is 1. The van der Waals surface area contributed by atoms with Crippen molar-refractivity contribution < 1.29 is 4.74 Å². The van der Waals surface area contributed by atoms with E-state index in [0.717, 1.165) is 18.9 Å². The van der Waals surface area contributed by atoms with Gasteiger partial charge < -0.3 is 15.4 Å². The van der Waals surface area contributed by atoms with Crippen molar-refractivity contribution >= 4 is 11.5 Å². The molecule has 0 radical (unpaired) electrons. The monoisotopic (exact) mass is 235 g/mol. The zero-order chi connectivity index (χ0) is 12.5. The van der Waals surface area contributed by atoms with Gasteiger partial charge >= 0.3 is 0 Å². The zero-order valence-corrected chi connectivity index (χ0v) is 10.9. The SMILES string of the molecule is COc1nc(N2CCCC(C)(C)C2)ccc1N. The van der Waals surface area contributed by atoms with E-state index in [-0.39, 0.29) is 0 Å². The molecule has 1 aliphatic rings. The van der Waals surface area contributed by atoms with Crippen LogP contribution in [0.25, 0.3) is 0 Å². The van der Waals surface area contributed by atoms with Gasteiger partial charge in [0.2, 0.25) is 5.88 Å². The highest BCUT2D eigenvalue weighted by molar-refractivity contribution is 5.54. The lowest BCUT2D eigenvalue weighted by atomic mass is 9.84. The normalized spacial score (nSPS) is 19.1. The second-order valence-electron chi connectivity index (χ2n) is 5.46. The van der Waals surface area contributed by atoms with Crippen LogP contribution in [-0.2, 0) is 0 Å². The summed E-state index contributed by atoms with van der Waals surface area (Å²) in [6.07, 6.45) is 2.48. The average Bonchev–Trinajstić information content (AvgIpc) is 2.28. The number of nitrogen functional groups attached to an aromatic ring is 1. The zero-order valence-electron chi connectivity index (χ0n) is 10.9. The van der Waals surface area contributed by atoms with E-state index in [1.54, 1.807) is 7.11 Å². The van der Waals surface area contributed by atoms with Crippen LogP contribution in [0.5, 0.6) is 5.88 Å². The molecule has 0 spiro atoms. The lowest BCUT2D eigenvalue weighted by molar-refractivity contribution is 0.291. The number of aromatic nitrogens is 1. The van der Waals surface area contributed by atoms with E-state index in [1.165, 1.54) is 12.8 Å². The van der Waals surface area contributed by atoms with Crippen LogP contribution in [0.1, 0.15) is 26.7 Å². The highest BCUT2D eigenvalue weighted by Gasteiger charge is 2.27. The van der Waals surface area contributed by atoms with Gasteiger partial charge in [0, 0.05) is 13.1 Å². The minimum atomic E-state index is 0.356. The summed E-state index contributed by atoms with van der Waals surface area (Å²) in [7, 11) is 1.60. The van der Waals surface area contributed by atoms with Crippen LogP contribution >= 0.6 is 0 Å². The number of rotatable bonds is 2. The first-order valence-corrected chi connectivity index (χ1v) is 6.07. The molecule has 0 unspecified atom stereocenters. The Morgan fingerprint density at radius 3 is 2.82 bits per heavy atom. The van der Waals surface area contributed by atoms with Gasteiger partial charge in [0.25, 0.3) is 0 Å². The molecule has 0 aromatic carbocycles. The third-order valence-corrected chi connectivity index (χ3v) is 3.29. The number of anilines is 2. The molecule has 0 bridgehead atoms. The standard InChI is InChI=1S/C13H21N3O/c1-13(2)7-4-8-16(9-13)11-6-5-10(14)12(15-11)17-3/h5-6H,4,7-9,14H2,1-3H3. The van der Waals surface area contributed by atoms with Crippen molar-refractivity contribution in [3.05, 3.63) is 12.1 Å². The summed E-state index contributed by atoms with van der Waals surface area (Å²) in [4.78, 5) is 6.77. The molecular weight excluding hydrogens is 214 g/mol. The van der Waals surface area contributed by atoms with Gasteiger partial charge in [0.1, 0.15) is 5.82 Å². The molecule has 2 N–H and O–H groups in total. The van der Waals surface area contributed by atoms with E-state index >= 15 is 0 Å². The lowest BCUT2D eigenvalue weighted by Crippen LogP contribution is -2.40. The minimum absolute atomic E-state index is 0.356. The van der Waals surface area contributed by atoms with E-state index in [1.807, 2.05) is 12.1 Å². The summed E-state index contributed by atoms with van der Waals surface area (Å²) >= 11 is 0. The van der Waals surface area contributed by atoms with Gasteiger partial charge in [-0.15, -0.1) is 0 Å². The molecule has 1 fully saturated rings. The first kappa shape index (κ1) is 12.0. The van der Waals surface area contributed by atoms with Gasteiger partial charge in [-0.2, -0.15) is 4.98 Å². The van der Waals surface area contributed by atoms with Crippen LogP contribution < -0.4 is 15.4 Å². The quantitative estimate of drug-likeness (QED) is 0.854. The molecular formula is C13H21N3O. The Labute approximate surface area is 103 Å². The molecule has 2 rings (SSSR count). The van der Waals surface area contributed by atoms with Gasteiger partial charge in [0.05, 0.1) is 12.8 Å². The Kier molecular flexibility index (Phi) is 3.13. The number of methoxy groups -OCH3 is 1. The Balaban J connectivity index is 2.22. The summed E-state index contributed by atoms with van der Waals surface area (Å²) in [5.74, 6) is 1.48. The molecule has 1 aliphatic heterocycles. The molecule has 4 nitrogen and oxygen atoms in total. The fourth-order valence-corrected chi connectivity index (χ4v) is 2.40. The van der Waals surface area contributed by atoms with Crippen molar-refractivity contribution in [1.82, 2.24) is 4.98 Å². The van der Waals surface area contributed by atoms with Crippen molar-refractivity contribution in [1.29, 1.82) is 0 Å². The van der Waals surface area contributed by atoms with Crippen LogP contribution in [0.15, 0.2) is 12.1 Å². The minimum Gasteiger partial charge on any atom is -0.479 e. The second-order valence-corrected chi connectivity index (χ2v) is 5.46. The molecule has 0 atom stereocenters. The Morgan fingerprint density at radius 1 is 1.41 bits per heavy atom. The van der Waals surface area contributed by atoms with Crippen molar-refractivity contribution in [2.75, 3.05) is 30.8 Å². The fraction of sp³-hybridized carbons (Fsp3) is 0.615. The van der Waals surface area contributed by atoms with Crippen molar-refractivity contribution in [2.45, 2.75) is 26.7 Å². The fourth-order valence-electron chi connectivity index (χ4n) is 2.40. The summed E-state index contributed by atoms with van der Waals surface area (Å²) in [6, 6.07) is 3.84. The molecule has 1 aromatic heterocycles. The topological polar surface area (TPSA) is 51.4 Å². The molecule has 1 saturated heterocycles. The van der Waals surface area contributed by atoms with E-state index < -0.39 is 0 Å². The number of piperidine rings is 1. The van der Waals surface area contributed by atoms with Gasteiger partial charge in [0.15, 0.2) is 0 Å². The first-order valence-electron chi connectivity index (χ1n) is 6.07. The predicted octanol–water partition coefficient (Wildman–Crippen LogP) is 2.30. The summed E-state index contributed by atoms with van der Waals surface area (Å²) in [5.41, 5.74) is 6.72. The maximum atomic E-state index is 5.78. The Hall–Kier alpha value is -1.45. The highest BCUT2D eigenvalue weighted by Crippen LogP contribution is 2.32. The lowest BCUT2D eigenvalue weighted by Gasteiger charge is -2.38. The molecule has 17 heavy (non-hydrogen) atoms. The molecule has 2 heterocycles.